The van der Waals surface area contributed by atoms with Gasteiger partial charge >= 0.3 is 5.97 Å². The minimum absolute atomic E-state index is 0. The summed E-state index contributed by atoms with van der Waals surface area (Å²) >= 11 is 0. The van der Waals surface area contributed by atoms with Crippen molar-refractivity contribution in [3.63, 3.8) is 0 Å². The van der Waals surface area contributed by atoms with Crippen molar-refractivity contribution in [2.24, 2.45) is 35.5 Å². The van der Waals surface area contributed by atoms with Crippen LogP contribution in [0.1, 0.15) is 132 Å². The Morgan fingerprint density at radius 1 is 0.656 bits per heavy atom. The molecule has 0 spiro atoms. The number of carbonyl (C=O) groups excluding carboxylic acids is 1. The zero-order chi connectivity index (χ0) is 20.6. The first-order valence-corrected chi connectivity index (χ1v) is 12.9. The van der Waals surface area contributed by atoms with Gasteiger partial charge in [-0.15, -0.1) is 0 Å². The molecule has 0 saturated heterocycles. The van der Waals surface area contributed by atoms with E-state index in [2.05, 4.69) is 13.5 Å². The fourth-order valence-electron chi connectivity index (χ4n) is 6.47. The van der Waals surface area contributed by atoms with E-state index < -0.39 is 0 Å². The average molecular weight is 451 g/mol. The van der Waals surface area contributed by atoms with Crippen LogP contribution in [0.5, 0.6) is 0 Å². The molecule has 3 fully saturated rings. The van der Waals surface area contributed by atoms with Crippen molar-refractivity contribution < 1.29 is 9.53 Å². The first-order valence-electron chi connectivity index (χ1n) is 12.9. The molecule has 2 nitrogen and oxygen atoms in total. The first kappa shape index (κ1) is 31.2. The van der Waals surface area contributed by atoms with Crippen molar-refractivity contribution in [1.82, 2.24) is 0 Å². The molecule has 0 aromatic heterocycles. The smallest absolute Gasteiger partial charge is 0.333 e. The Morgan fingerprint density at radius 3 is 1.28 bits per heavy atom. The van der Waals surface area contributed by atoms with Gasteiger partial charge in [0.15, 0.2) is 0 Å². The zero-order valence-corrected chi connectivity index (χ0v) is 19.3. The van der Waals surface area contributed by atoms with Gasteiger partial charge in [-0.3, -0.25) is 0 Å². The highest BCUT2D eigenvalue weighted by atomic mass is 16.5. The van der Waals surface area contributed by atoms with Gasteiger partial charge in [0, 0.05) is 5.57 Å². The lowest BCUT2D eigenvalue weighted by Gasteiger charge is -2.36. The molecule has 0 heterocycles. The third kappa shape index (κ3) is 10.0. The fourth-order valence-corrected chi connectivity index (χ4v) is 6.47. The van der Waals surface area contributed by atoms with Gasteiger partial charge in [-0.1, -0.05) is 106 Å². The molecule has 0 amide bonds. The van der Waals surface area contributed by atoms with Gasteiger partial charge in [-0.2, -0.15) is 0 Å². The molecule has 3 aliphatic rings. The summed E-state index contributed by atoms with van der Waals surface area (Å²) < 4.78 is 5.38. The lowest BCUT2D eigenvalue weighted by Crippen LogP contribution is -2.24. The number of ether oxygens (including phenoxy) is 1. The Labute approximate surface area is 202 Å². The molecule has 190 valence electrons. The number of hydrogen-bond acceptors (Lipinski definition) is 2. The summed E-state index contributed by atoms with van der Waals surface area (Å²) in [5.74, 6) is 5.39. The van der Waals surface area contributed by atoms with Crippen LogP contribution in [0.25, 0.3) is 0 Å². The molecule has 0 aromatic carbocycles. The molecule has 32 heavy (non-hydrogen) atoms. The van der Waals surface area contributed by atoms with Crippen LogP contribution in [0.4, 0.5) is 0 Å². The van der Waals surface area contributed by atoms with Gasteiger partial charge in [0.2, 0.25) is 0 Å². The van der Waals surface area contributed by atoms with E-state index in [4.69, 9.17) is 4.74 Å². The van der Waals surface area contributed by atoms with Crippen molar-refractivity contribution in [2.45, 2.75) is 132 Å². The summed E-state index contributed by atoms with van der Waals surface area (Å²) in [5.41, 5.74) is 0.517. The summed E-state index contributed by atoms with van der Waals surface area (Å²) in [4.78, 5) is 11.6. The Hall–Kier alpha value is -0.790. The molecule has 0 aliphatic heterocycles. The van der Waals surface area contributed by atoms with E-state index in [1.165, 1.54) is 96.3 Å². The minimum atomic E-state index is -0.220. The molecule has 3 aliphatic carbocycles. The Balaban J connectivity index is 0.00000320. The van der Waals surface area contributed by atoms with Crippen LogP contribution >= 0.6 is 0 Å². The number of carbonyl (C=O) groups is 1. The molecule has 0 unspecified atom stereocenters. The summed E-state index contributed by atoms with van der Waals surface area (Å²) in [6, 6.07) is 0. The van der Waals surface area contributed by atoms with E-state index in [-0.39, 0.29) is 28.2 Å². The highest BCUT2D eigenvalue weighted by Crippen LogP contribution is 2.42. The van der Waals surface area contributed by atoms with Crippen molar-refractivity contribution in [1.29, 1.82) is 0 Å². The summed E-state index contributed by atoms with van der Waals surface area (Å²) in [6.07, 6.45) is 21.6. The van der Waals surface area contributed by atoms with Crippen LogP contribution in [0, 0.1) is 35.5 Å². The molecule has 0 radical (unpaired) electrons. The summed E-state index contributed by atoms with van der Waals surface area (Å²) in [6.45, 7) is 8.37. The van der Waals surface area contributed by atoms with Crippen molar-refractivity contribution >= 4 is 5.97 Å². The number of rotatable bonds is 8. The third-order valence-corrected chi connectivity index (χ3v) is 8.61. The van der Waals surface area contributed by atoms with Crippen LogP contribution < -0.4 is 0 Å². The molecule has 0 N–H and O–H groups in total. The molecule has 2 heteroatoms. The monoisotopic (exact) mass is 450 g/mol. The lowest BCUT2D eigenvalue weighted by atomic mass is 9.70. The van der Waals surface area contributed by atoms with E-state index in [1.54, 1.807) is 6.92 Å². The molecular weight excluding hydrogens is 392 g/mol. The Bertz CT molecular complexity index is 501. The molecule has 0 bridgehead atoms. The van der Waals surface area contributed by atoms with E-state index >= 15 is 0 Å². The third-order valence-electron chi connectivity index (χ3n) is 8.61. The van der Waals surface area contributed by atoms with Gasteiger partial charge < -0.3 is 4.74 Å². The topological polar surface area (TPSA) is 26.3 Å². The standard InChI is InChI=1S/C27H46O2.3CH4/c1-4-21-5-7-22(8-6-21)17-23-9-11-24(12-10-23)18-25-13-15-26(16-14-25)19-29-27(28)20(2)3;;;/h21-26H,2,4-19H2,1,3H3;3*1H4. The predicted octanol–water partition coefficient (Wildman–Crippen LogP) is 9.62. The lowest BCUT2D eigenvalue weighted by molar-refractivity contribution is -0.140. The summed E-state index contributed by atoms with van der Waals surface area (Å²) in [5, 5.41) is 0. The summed E-state index contributed by atoms with van der Waals surface area (Å²) in [7, 11) is 0. The molecule has 3 saturated carbocycles. The molecular formula is C30H58O2. The van der Waals surface area contributed by atoms with Gasteiger partial charge in [-0.25, -0.2) is 4.79 Å². The van der Waals surface area contributed by atoms with Crippen LogP contribution in [-0.2, 0) is 9.53 Å². The minimum Gasteiger partial charge on any atom is -0.462 e. The molecule has 3 rings (SSSR count). The van der Waals surface area contributed by atoms with Crippen LogP contribution in [0.3, 0.4) is 0 Å². The van der Waals surface area contributed by atoms with Crippen molar-refractivity contribution in [3.05, 3.63) is 12.2 Å². The van der Waals surface area contributed by atoms with Crippen LogP contribution in [-0.4, -0.2) is 12.6 Å². The maximum atomic E-state index is 11.6. The Kier molecular flexibility index (Phi) is 15.5. The van der Waals surface area contributed by atoms with Crippen molar-refractivity contribution in [2.75, 3.05) is 6.61 Å². The normalized spacial score (nSPS) is 32.4. The van der Waals surface area contributed by atoms with Gasteiger partial charge in [0.1, 0.15) is 0 Å². The second-order valence-corrected chi connectivity index (χ2v) is 10.9. The van der Waals surface area contributed by atoms with E-state index in [0.717, 1.165) is 29.6 Å². The average Bonchev–Trinajstić information content (AvgIpc) is 2.75. The predicted molar refractivity (Wildman–Crippen MR) is 142 cm³/mol. The maximum absolute atomic E-state index is 11.6. The van der Waals surface area contributed by atoms with Crippen LogP contribution in [0.15, 0.2) is 12.2 Å². The second kappa shape index (κ2) is 15.9. The SMILES string of the molecule is C.C.C.C=C(C)C(=O)OCC1CCC(CC2CCC(CC3CCC(CC)CC3)CC2)CC1. The van der Waals surface area contributed by atoms with Gasteiger partial charge in [-0.05, 0) is 68.1 Å². The number of hydrogen-bond donors (Lipinski definition) is 0. The molecule has 0 aromatic rings. The fraction of sp³-hybridized carbons (Fsp3) is 0.900. The highest BCUT2D eigenvalue weighted by Gasteiger charge is 2.29. The largest absolute Gasteiger partial charge is 0.462 e. The van der Waals surface area contributed by atoms with Crippen LogP contribution in [0.2, 0.25) is 0 Å². The first-order chi connectivity index (χ1) is 14.0. The zero-order valence-electron chi connectivity index (χ0n) is 19.3. The van der Waals surface area contributed by atoms with E-state index in [0.29, 0.717) is 18.1 Å². The molecule has 0 atom stereocenters. The highest BCUT2D eigenvalue weighted by molar-refractivity contribution is 5.86. The Morgan fingerprint density at radius 2 is 0.969 bits per heavy atom. The maximum Gasteiger partial charge on any atom is 0.333 e. The van der Waals surface area contributed by atoms with Gasteiger partial charge in [0.25, 0.3) is 0 Å². The van der Waals surface area contributed by atoms with E-state index in [1.807, 2.05) is 0 Å². The number of esters is 1. The van der Waals surface area contributed by atoms with Crippen molar-refractivity contribution in [3.8, 4) is 0 Å². The quantitative estimate of drug-likeness (QED) is 0.272. The van der Waals surface area contributed by atoms with E-state index in [9.17, 15) is 4.79 Å². The second-order valence-electron chi connectivity index (χ2n) is 10.9. The van der Waals surface area contributed by atoms with Gasteiger partial charge in [0.05, 0.1) is 6.61 Å².